The number of benzene rings is 6. The SMILES string of the molecule is C1=CC(C2N=C(c3ccccc3)N2C2=CC=C(n3c4ccc(-c5ccc6sc7ccccc7c6c5)cc4c4c5ccccc5ccc43)CC2)=CCC1. The summed E-state index contributed by atoms with van der Waals surface area (Å²) in [5, 5.41) is 7.87. The van der Waals surface area contributed by atoms with Crippen molar-refractivity contribution in [3.63, 3.8) is 0 Å². The highest BCUT2D eigenvalue weighted by molar-refractivity contribution is 7.25. The molecule has 0 spiro atoms. The van der Waals surface area contributed by atoms with E-state index in [0.717, 1.165) is 31.5 Å². The first-order valence-electron chi connectivity index (χ1n) is 18.4. The lowest BCUT2D eigenvalue weighted by atomic mass is 9.97. The Morgan fingerprint density at radius 1 is 0.577 bits per heavy atom. The van der Waals surface area contributed by atoms with Crippen LogP contribution in [-0.4, -0.2) is 21.5 Å². The molecule has 248 valence electrons. The summed E-state index contributed by atoms with van der Waals surface area (Å²) in [6, 6.07) is 46.9. The monoisotopic (exact) mass is 685 g/mol. The fraction of sp³-hybridized carbons (Fsp3) is 0.104. The van der Waals surface area contributed by atoms with E-state index in [0.29, 0.717) is 0 Å². The quantitative estimate of drug-likeness (QED) is 0.177. The highest BCUT2D eigenvalue weighted by Gasteiger charge is 2.36. The topological polar surface area (TPSA) is 20.5 Å². The van der Waals surface area contributed by atoms with Gasteiger partial charge in [0.05, 0.1) is 11.0 Å². The Balaban J connectivity index is 1.05. The zero-order valence-electron chi connectivity index (χ0n) is 28.7. The minimum atomic E-state index is 0.0391. The second-order valence-electron chi connectivity index (χ2n) is 14.1. The largest absolute Gasteiger partial charge is 0.313 e. The van der Waals surface area contributed by atoms with Gasteiger partial charge in [-0.05, 0) is 102 Å². The summed E-state index contributed by atoms with van der Waals surface area (Å²) in [4.78, 5) is 7.65. The molecule has 3 aliphatic rings. The van der Waals surface area contributed by atoms with Gasteiger partial charge in [-0.15, -0.1) is 11.3 Å². The standard InChI is InChI=1S/C48H35N3S/c1-3-12-32(13-4-1)47-49-48(33-14-5-2-6-15-33)51(47)37-24-22-36(23-25-37)50-42-26-20-34(30-41(42)46-38-16-8-7-11-31(38)19-27-43(46)50)35-21-28-45-40(29-35)39-17-9-10-18-44(39)52-45/h1,3-5,7-22,24,26-30,48H,2,6,23,25H2. The molecule has 3 heterocycles. The van der Waals surface area contributed by atoms with E-state index in [1.807, 2.05) is 11.3 Å². The third kappa shape index (κ3) is 4.61. The van der Waals surface area contributed by atoms with Gasteiger partial charge in [-0.2, -0.15) is 0 Å². The van der Waals surface area contributed by atoms with Crippen molar-refractivity contribution in [3.05, 3.63) is 175 Å². The summed E-state index contributed by atoms with van der Waals surface area (Å²) < 4.78 is 5.20. The maximum Gasteiger partial charge on any atom is 0.154 e. The van der Waals surface area contributed by atoms with Crippen LogP contribution in [0.4, 0.5) is 0 Å². The van der Waals surface area contributed by atoms with Crippen LogP contribution in [0.25, 0.3) is 69.6 Å². The Kier molecular flexibility index (Phi) is 6.74. The Hall–Kier alpha value is -5.97. The van der Waals surface area contributed by atoms with Crippen LogP contribution in [0.15, 0.2) is 174 Å². The molecule has 2 aliphatic carbocycles. The zero-order chi connectivity index (χ0) is 34.2. The smallest absolute Gasteiger partial charge is 0.154 e. The van der Waals surface area contributed by atoms with Gasteiger partial charge in [-0.3, -0.25) is 0 Å². The molecule has 0 bridgehead atoms. The number of hydrogen-bond acceptors (Lipinski definition) is 3. The molecule has 3 nitrogen and oxygen atoms in total. The van der Waals surface area contributed by atoms with Crippen molar-refractivity contribution in [1.82, 2.24) is 9.47 Å². The molecule has 2 aromatic heterocycles. The van der Waals surface area contributed by atoms with Crippen molar-refractivity contribution in [1.29, 1.82) is 0 Å². The van der Waals surface area contributed by atoms with E-state index in [-0.39, 0.29) is 6.17 Å². The lowest BCUT2D eigenvalue weighted by Gasteiger charge is -2.43. The molecular formula is C48H35N3S. The van der Waals surface area contributed by atoms with Crippen molar-refractivity contribution in [3.8, 4) is 11.1 Å². The lowest BCUT2D eigenvalue weighted by molar-refractivity contribution is 0.363. The van der Waals surface area contributed by atoms with E-state index in [2.05, 4.69) is 167 Å². The van der Waals surface area contributed by atoms with Crippen LogP contribution < -0.4 is 0 Å². The Morgan fingerprint density at radius 2 is 1.31 bits per heavy atom. The Labute approximate surface area is 306 Å². The second-order valence-corrected chi connectivity index (χ2v) is 15.2. The molecule has 6 aromatic carbocycles. The number of aromatic nitrogens is 1. The average Bonchev–Trinajstić information content (AvgIpc) is 3.74. The molecule has 52 heavy (non-hydrogen) atoms. The van der Waals surface area contributed by atoms with Crippen molar-refractivity contribution < 1.29 is 0 Å². The van der Waals surface area contributed by atoms with Crippen LogP contribution in [0.1, 0.15) is 31.2 Å². The first-order valence-corrected chi connectivity index (χ1v) is 19.2. The molecule has 0 radical (unpaired) electrons. The molecule has 0 saturated heterocycles. The van der Waals surface area contributed by atoms with E-state index in [1.165, 1.54) is 86.4 Å². The molecule has 8 aromatic rings. The highest BCUT2D eigenvalue weighted by atomic mass is 32.1. The summed E-state index contributed by atoms with van der Waals surface area (Å²) in [5.74, 6) is 1.07. The first kappa shape index (κ1) is 29.7. The van der Waals surface area contributed by atoms with Gasteiger partial charge in [-0.1, -0.05) is 109 Å². The maximum atomic E-state index is 5.17. The minimum absolute atomic E-state index is 0.0391. The van der Waals surface area contributed by atoms with Crippen molar-refractivity contribution in [2.45, 2.75) is 31.8 Å². The van der Waals surface area contributed by atoms with Gasteiger partial charge in [0.15, 0.2) is 6.17 Å². The van der Waals surface area contributed by atoms with Gasteiger partial charge >= 0.3 is 0 Å². The molecular weight excluding hydrogens is 651 g/mol. The zero-order valence-corrected chi connectivity index (χ0v) is 29.5. The molecule has 0 fully saturated rings. The second kappa shape index (κ2) is 11.8. The molecule has 0 amide bonds. The van der Waals surface area contributed by atoms with E-state index in [1.54, 1.807) is 0 Å². The Morgan fingerprint density at radius 3 is 2.15 bits per heavy atom. The third-order valence-electron chi connectivity index (χ3n) is 11.1. The number of fused-ring (bicyclic) bond motifs is 8. The van der Waals surface area contributed by atoms with E-state index >= 15 is 0 Å². The van der Waals surface area contributed by atoms with E-state index in [9.17, 15) is 0 Å². The summed E-state index contributed by atoms with van der Waals surface area (Å²) in [6.07, 6.45) is 15.8. The number of allylic oxidation sites excluding steroid dienone is 6. The summed E-state index contributed by atoms with van der Waals surface area (Å²) in [7, 11) is 0. The average molecular weight is 686 g/mol. The van der Waals surface area contributed by atoms with Gasteiger partial charge in [0.1, 0.15) is 5.84 Å². The number of thiophene rings is 1. The van der Waals surface area contributed by atoms with Gasteiger partial charge in [0.2, 0.25) is 0 Å². The summed E-state index contributed by atoms with van der Waals surface area (Å²) in [5.41, 5.74) is 10.2. The number of nitrogens with zero attached hydrogens (tertiary/aromatic N) is 3. The maximum absolute atomic E-state index is 5.17. The predicted octanol–water partition coefficient (Wildman–Crippen LogP) is 12.9. The fourth-order valence-corrected chi connectivity index (χ4v) is 9.71. The van der Waals surface area contributed by atoms with Crippen LogP contribution >= 0.6 is 11.3 Å². The normalized spacial score (nSPS) is 17.5. The van der Waals surface area contributed by atoms with Gasteiger partial charge < -0.3 is 9.47 Å². The minimum Gasteiger partial charge on any atom is -0.313 e. The van der Waals surface area contributed by atoms with Crippen LogP contribution in [0.3, 0.4) is 0 Å². The molecule has 11 rings (SSSR count). The van der Waals surface area contributed by atoms with Crippen molar-refractivity contribution in [2.75, 3.05) is 0 Å². The molecule has 0 saturated carbocycles. The summed E-state index contributed by atoms with van der Waals surface area (Å²) >= 11 is 1.87. The predicted molar refractivity (Wildman–Crippen MR) is 222 cm³/mol. The molecule has 1 atom stereocenters. The van der Waals surface area contributed by atoms with Crippen LogP contribution in [-0.2, 0) is 0 Å². The lowest BCUT2D eigenvalue weighted by Crippen LogP contribution is -2.49. The first-order chi connectivity index (χ1) is 25.8. The number of aliphatic imine (C=N–C) groups is 1. The van der Waals surface area contributed by atoms with Crippen LogP contribution in [0, 0.1) is 0 Å². The number of amidine groups is 1. The van der Waals surface area contributed by atoms with Gasteiger partial charge in [0.25, 0.3) is 0 Å². The fourth-order valence-electron chi connectivity index (χ4n) is 8.63. The molecule has 1 unspecified atom stereocenters. The molecule has 1 aliphatic heterocycles. The Bertz CT molecular complexity index is 2910. The molecule has 0 N–H and O–H groups in total. The van der Waals surface area contributed by atoms with E-state index < -0.39 is 0 Å². The third-order valence-corrected chi connectivity index (χ3v) is 12.3. The highest BCUT2D eigenvalue weighted by Crippen LogP contribution is 2.43. The van der Waals surface area contributed by atoms with Gasteiger partial charge in [0, 0.05) is 47.9 Å². The number of rotatable bonds is 5. The van der Waals surface area contributed by atoms with Crippen LogP contribution in [0.2, 0.25) is 0 Å². The van der Waals surface area contributed by atoms with Crippen molar-refractivity contribution in [2.24, 2.45) is 4.99 Å². The molecule has 4 heteroatoms. The van der Waals surface area contributed by atoms with Crippen molar-refractivity contribution >= 4 is 75.6 Å². The number of hydrogen-bond donors (Lipinski definition) is 0. The van der Waals surface area contributed by atoms with Crippen LogP contribution in [0.5, 0.6) is 0 Å². The summed E-state index contributed by atoms with van der Waals surface area (Å²) in [6.45, 7) is 0. The van der Waals surface area contributed by atoms with E-state index in [4.69, 9.17) is 4.99 Å². The van der Waals surface area contributed by atoms with Gasteiger partial charge in [-0.25, -0.2) is 4.99 Å².